The number of phenols is 1. The van der Waals surface area contributed by atoms with E-state index in [9.17, 15) is 15.5 Å². The number of piperidine rings is 1. The van der Waals surface area contributed by atoms with Gasteiger partial charge in [-0.3, -0.25) is 15.2 Å². The Morgan fingerprint density at radius 3 is 2.86 bits per heavy atom. The average Bonchev–Trinajstić information content (AvgIpc) is 3.37. The molecular formula is C34H39N7O3. The summed E-state index contributed by atoms with van der Waals surface area (Å²) in [5.41, 5.74) is 4.44. The molecule has 0 unspecified atom stereocenters. The molecular weight excluding hydrogens is 554 g/mol. The number of H-pyrrole nitrogens is 1. The molecule has 9 rings (SSSR count). The van der Waals surface area contributed by atoms with Gasteiger partial charge in [0.1, 0.15) is 0 Å². The van der Waals surface area contributed by atoms with Crippen molar-refractivity contribution in [3.63, 3.8) is 0 Å². The third kappa shape index (κ3) is 3.73. The van der Waals surface area contributed by atoms with Crippen LogP contribution in [0.5, 0.6) is 11.5 Å². The lowest BCUT2D eigenvalue weighted by Crippen LogP contribution is -2.74. The number of aromatic amines is 1. The number of likely N-dealkylation sites (tertiary alicyclic amines) is 2. The SMILES string of the molecule is N#CNC(=NCCN1CCCC1)Nc1ccc2[nH]c3c(c2c1)C[C@@]1(O)[C@H]2Cc4ccc(O)c5c4[C@@]1(CCN2CC1CC1)[C@H]3O5. The molecule has 4 heterocycles. The van der Waals surface area contributed by atoms with Crippen LogP contribution < -0.4 is 15.4 Å². The number of aromatic nitrogens is 1. The van der Waals surface area contributed by atoms with E-state index in [1.807, 2.05) is 24.4 Å². The lowest BCUT2D eigenvalue weighted by molar-refractivity contribution is -0.173. The summed E-state index contributed by atoms with van der Waals surface area (Å²) < 4.78 is 6.73. The summed E-state index contributed by atoms with van der Waals surface area (Å²) in [6.07, 6.45) is 8.70. The number of phenolic OH excluding ortho intramolecular Hbond substituents is 1. The number of aliphatic hydroxyl groups is 1. The minimum atomic E-state index is -1.03. The summed E-state index contributed by atoms with van der Waals surface area (Å²) in [4.78, 5) is 13.3. The molecule has 1 saturated carbocycles. The molecule has 4 atom stereocenters. The number of ether oxygens (including phenoxy) is 1. The molecule has 2 aromatic carbocycles. The van der Waals surface area contributed by atoms with E-state index in [4.69, 9.17) is 4.74 Å². The van der Waals surface area contributed by atoms with Crippen molar-refractivity contribution in [3.05, 3.63) is 52.7 Å². The molecule has 6 aliphatic rings. The fraction of sp³-hybridized carbons (Fsp3) is 0.529. The molecule has 44 heavy (non-hydrogen) atoms. The highest BCUT2D eigenvalue weighted by Crippen LogP contribution is 2.69. The number of nitriles is 1. The normalized spacial score (nSPS) is 30.5. The van der Waals surface area contributed by atoms with Gasteiger partial charge in [-0.15, -0.1) is 0 Å². The van der Waals surface area contributed by atoms with E-state index in [1.54, 1.807) is 6.07 Å². The second kappa shape index (κ2) is 9.61. The molecule has 0 amide bonds. The van der Waals surface area contributed by atoms with E-state index in [0.29, 0.717) is 24.7 Å². The largest absolute Gasteiger partial charge is 0.504 e. The molecule has 3 aliphatic carbocycles. The number of nitrogens with one attached hydrogen (secondary N) is 3. The maximum absolute atomic E-state index is 13.1. The number of hydrogen-bond donors (Lipinski definition) is 5. The maximum atomic E-state index is 13.1. The quantitative estimate of drug-likeness (QED) is 0.127. The summed E-state index contributed by atoms with van der Waals surface area (Å²) in [6.45, 7) is 5.68. The second-order valence-electron chi connectivity index (χ2n) is 13.8. The average molecular weight is 594 g/mol. The van der Waals surface area contributed by atoms with Crippen molar-refractivity contribution in [2.24, 2.45) is 10.9 Å². The molecule has 10 heteroatoms. The van der Waals surface area contributed by atoms with Gasteiger partial charge in [-0.2, -0.15) is 5.26 Å². The monoisotopic (exact) mass is 593 g/mol. The van der Waals surface area contributed by atoms with Gasteiger partial charge >= 0.3 is 0 Å². The smallest absolute Gasteiger partial charge is 0.209 e. The van der Waals surface area contributed by atoms with Crippen molar-refractivity contribution < 1.29 is 14.9 Å². The molecule has 0 radical (unpaired) electrons. The zero-order chi connectivity index (χ0) is 29.6. The fourth-order valence-electron chi connectivity index (χ4n) is 9.31. The van der Waals surface area contributed by atoms with E-state index in [2.05, 4.69) is 36.5 Å². The Morgan fingerprint density at radius 2 is 2.05 bits per heavy atom. The summed E-state index contributed by atoms with van der Waals surface area (Å²) in [6, 6.07) is 9.92. The van der Waals surface area contributed by atoms with Crippen molar-refractivity contribution in [2.75, 3.05) is 44.6 Å². The Balaban J connectivity index is 1.10. The van der Waals surface area contributed by atoms with E-state index in [1.165, 1.54) is 31.2 Å². The van der Waals surface area contributed by atoms with Crippen molar-refractivity contribution in [2.45, 2.75) is 68.1 Å². The summed E-state index contributed by atoms with van der Waals surface area (Å²) in [5.74, 6) is 1.86. The van der Waals surface area contributed by atoms with Crippen LogP contribution in [0.15, 0.2) is 35.3 Å². The topological polar surface area (TPSA) is 132 Å². The number of guanidine groups is 1. The molecule has 1 spiro atoms. The van der Waals surface area contributed by atoms with Crippen molar-refractivity contribution >= 4 is 22.5 Å². The Morgan fingerprint density at radius 1 is 1.18 bits per heavy atom. The number of aromatic hydroxyl groups is 1. The first-order valence-electron chi connectivity index (χ1n) is 16.3. The van der Waals surface area contributed by atoms with Crippen LogP contribution in [0.2, 0.25) is 0 Å². The van der Waals surface area contributed by atoms with Crippen LogP contribution in [0.4, 0.5) is 5.69 Å². The highest BCUT2D eigenvalue weighted by Gasteiger charge is 2.72. The summed E-state index contributed by atoms with van der Waals surface area (Å²) in [5, 5.41) is 40.5. The van der Waals surface area contributed by atoms with Crippen molar-refractivity contribution in [1.29, 1.82) is 5.26 Å². The van der Waals surface area contributed by atoms with Gasteiger partial charge in [-0.05, 0) is 99.5 Å². The van der Waals surface area contributed by atoms with Crippen LogP contribution in [0.25, 0.3) is 10.9 Å². The molecule has 2 bridgehead atoms. The highest BCUT2D eigenvalue weighted by molar-refractivity contribution is 5.97. The first kappa shape index (κ1) is 26.6. The second-order valence-corrected chi connectivity index (χ2v) is 13.8. The van der Waals surface area contributed by atoms with Gasteiger partial charge in [-0.25, -0.2) is 0 Å². The number of anilines is 1. The minimum Gasteiger partial charge on any atom is -0.504 e. The lowest BCUT2D eigenvalue weighted by Gasteiger charge is -2.62. The molecule has 2 saturated heterocycles. The zero-order valence-electron chi connectivity index (χ0n) is 24.9. The van der Waals surface area contributed by atoms with Gasteiger partial charge < -0.3 is 30.2 Å². The number of benzene rings is 2. The number of fused-ring (bicyclic) bond motifs is 4. The van der Waals surface area contributed by atoms with E-state index < -0.39 is 17.1 Å². The van der Waals surface area contributed by atoms with Crippen LogP contribution in [0.3, 0.4) is 0 Å². The highest BCUT2D eigenvalue weighted by atomic mass is 16.5. The van der Waals surface area contributed by atoms with Crippen molar-refractivity contribution in [1.82, 2.24) is 20.1 Å². The number of aliphatic imine (C=N–C) groups is 1. The van der Waals surface area contributed by atoms with E-state index >= 15 is 0 Å². The molecule has 3 aromatic rings. The van der Waals surface area contributed by atoms with E-state index in [0.717, 1.165) is 84.9 Å². The van der Waals surface area contributed by atoms with Gasteiger partial charge in [0, 0.05) is 47.7 Å². The standard InChI is InChI=1S/C34H39N7O3/c35-19-37-32(36-10-14-40-11-1-2-12-40)38-22-6-7-25-23(16-22)24-17-34(43)27-15-21-5-8-26(42)30-28(21)33(34,31(44-30)29(24)39-25)9-13-41(27)18-20-3-4-20/h5-8,16,20,27,31,39,42-43H,1-4,9-15,17-18H2,(H2,36,37,38)/t27-,31+,33+,34-/m1/s1. The Bertz CT molecular complexity index is 1730. The predicted octanol–water partition coefficient (Wildman–Crippen LogP) is 3.51. The summed E-state index contributed by atoms with van der Waals surface area (Å²) in [7, 11) is 0. The minimum absolute atomic E-state index is 0.0143. The molecule has 228 valence electrons. The van der Waals surface area contributed by atoms with Gasteiger partial charge in [0.2, 0.25) is 5.96 Å². The molecule has 3 fully saturated rings. The Labute approximate surface area is 256 Å². The molecule has 3 aliphatic heterocycles. The van der Waals surface area contributed by atoms with E-state index in [-0.39, 0.29) is 11.8 Å². The predicted molar refractivity (Wildman–Crippen MR) is 167 cm³/mol. The third-order valence-corrected chi connectivity index (χ3v) is 11.5. The molecule has 1 aromatic heterocycles. The number of nitrogens with zero attached hydrogens (tertiary/aromatic N) is 4. The zero-order valence-corrected chi connectivity index (χ0v) is 24.9. The van der Waals surface area contributed by atoms with Gasteiger partial charge in [-0.1, -0.05) is 6.07 Å². The molecule has 5 N–H and O–H groups in total. The lowest BCUT2D eigenvalue weighted by atomic mass is 9.49. The van der Waals surface area contributed by atoms with Gasteiger partial charge in [0.15, 0.2) is 23.8 Å². The van der Waals surface area contributed by atoms with Crippen LogP contribution in [0, 0.1) is 17.4 Å². The third-order valence-electron chi connectivity index (χ3n) is 11.5. The fourth-order valence-corrected chi connectivity index (χ4v) is 9.31. The van der Waals surface area contributed by atoms with Crippen LogP contribution in [-0.4, -0.2) is 81.9 Å². The van der Waals surface area contributed by atoms with Gasteiger partial charge in [0.25, 0.3) is 0 Å². The van der Waals surface area contributed by atoms with Gasteiger partial charge in [0.05, 0.1) is 23.3 Å². The first-order valence-corrected chi connectivity index (χ1v) is 16.3. The maximum Gasteiger partial charge on any atom is 0.209 e. The Hall–Kier alpha value is -3.78. The van der Waals surface area contributed by atoms with Crippen LogP contribution >= 0.6 is 0 Å². The number of hydrogen-bond acceptors (Lipinski definition) is 7. The first-order chi connectivity index (χ1) is 21.5. The number of rotatable bonds is 6. The molecule has 10 nitrogen and oxygen atoms in total. The summed E-state index contributed by atoms with van der Waals surface area (Å²) >= 11 is 0. The Kier molecular flexibility index (Phi) is 5.81. The van der Waals surface area contributed by atoms with Crippen molar-refractivity contribution in [3.8, 4) is 17.7 Å². The van der Waals surface area contributed by atoms with Crippen LogP contribution in [0.1, 0.15) is 60.6 Å². The van der Waals surface area contributed by atoms with Crippen LogP contribution in [-0.2, 0) is 18.3 Å².